The van der Waals surface area contributed by atoms with Crippen molar-refractivity contribution in [1.82, 2.24) is 19.4 Å². The highest BCUT2D eigenvalue weighted by atomic mass is 35.5. The van der Waals surface area contributed by atoms with E-state index in [-0.39, 0.29) is 18.0 Å². The van der Waals surface area contributed by atoms with Crippen LogP contribution in [0.25, 0.3) is 11.0 Å². The van der Waals surface area contributed by atoms with Crippen molar-refractivity contribution in [3.05, 3.63) is 58.3 Å². The van der Waals surface area contributed by atoms with E-state index in [1.807, 2.05) is 50.2 Å². The number of aromatic nitrogens is 2. The van der Waals surface area contributed by atoms with E-state index in [2.05, 4.69) is 40.4 Å². The van der Waals surface area contributed by atoms with Gasteiger partial charge in [0.1, 0.15) is 11.6 Å². The van der Waals surface area contributed by atoms with Crippen molar-refractivity contribution in [2.75, 3.05) is 31.1 Å². The van der Waals surface area contributed by atoms with Gasteiger partial charge >= 0.3 is 6.09 Å². The zero-order valence-corrected chi connectivity index (χ0v) is 25.2. The predicted molar refractivity (Wildman–Crippen MR) is 159 cm³/mol. The van der Waals surface area contributed by atoms with Gasteiger partial charge in [-0.05, 0) is 83.4 Å². The molecule has 1 aromatic heterocycles. The number of rotatable bonds is 4. The Hall–Kier alpha value is -2.97. The van der Waals surface area contributed by atoms with Gasteiger partial charge in [0, 0.05) is 48.0 Å². The molecule has 2 aliphatic rings. The third-order valence-electron chi connectivity index (χ3n) is 7.82. The number of halogens is 2. The minimum absolute atomic E-state index is 0.0112. The number of benzene rings is 2. The number of ether oxygens (including phenoxy) is 1. The van der Waals surface area contributed by atoms with Gasteiger partial charge in [0.2, 0.25) is 5.91 Å². The number of likely N-dealkylation sites (tertiary alicyclic amines) is 1. The molecule has 214 valence electrons. The van der Waals surface area contributed by atoms with E-state index in [9.17, 15) is 9.59 Å². The monoisotopic (exact) mass is 585 g/mol. The average molecular weight is 587 g/mol. The minimum atomic E-state index is -0.594. The molecule has 2 aromatic carbocycles. The second kappa shape index (κ2) is 11.1. The van der Waals surface area contributed by atoms with Gasteiger partial charge in [-0.25, -0.2) is 9.78 Å². The van der Waals surface area contributed by atoms with Gasteiger partial charge < -0.3 is 19.1 Å². The Morgan fingerprint density at radius 1 is 1.07 bits per heavy atom. The zero-order chi connectivity index (χ0) is 28.8. The molecule has 1 unspecified atom stereocenters. The standard InChI is InChI=1S/C30H37Cl2N5O3/c1-19-17-34(28(38)26-7-6-12-36(26)29(39)40-30(3,4)5)13-14-35(19)22-9-11-25-27(16-22)37(18-33-25)20(2)23-10-8-21(31)15-24(23)32/h8-11,15-16,18-20,26H,6-7,12-14,17H2,1-5H3/t19-,20?,26-/m1/s1. The number of carbonyl (C=O) groups is 2. The molecular formula is C30H37Cl2N5O3. The number of hydrogen-bond acceptors (Lipinski definition) is 5. The van der Waals surface area contributed by atoms with E-state index < -0.39 is 17.7 Å². The molecule has 2 aliphatic heterocycles. The van der Waals surface area contributed by atoms with Crippen LogP contribution in [0.2, 0.25) is 10.0 Å². The maximum absolute atomic E-state index is 13.5. The molecular weight excluding hydrogens is 549 g/mol. The second-order valence-corrected chi connectivity index (χ2v) is 12.7. The second-order valence-electron chi connectivity index (χ2n) is 11.8. The summed E-state index contributed by atoms with van der Waals surface area (Å²) in [6.07, 6.45) is 2.91. The third kappa shape index (κ3) is 5.75. The van der Waals surface area contributed by atoms with E-state index in [1.54, 1.807) is 11.0 Å². The molecule has 3 heterocycles. The first-order valence-electron chi connectivity index (χ1n) is 13.9. The van der Waals surface area contributed by atoms with Crippen molar-refractivity contribution < 1.29 is 14.3 Å². The zero-order valence-electron chi connectivity index (χ0n) is 23.7. The molecule has 5 rings (SSSR count). The normalized spacial score (nSPS) is 20.7. The summed E-state index contributed by atoms with van der Waals surface area (Å²) in [5.74, 6) is 0.0112. The molecule has 2 fully saturated rings. The van der Waals surface area contributed by atoms with Gasteiger partial charge in [0.15, 0.2) is 0 Å². The molecule has 40 heavy (non-hydrogen) atoms. The molecule has 0 spiro atoms. The molecule has 0 aliphatic carbocycles. The van der Waals surface area contributed by atoms with Crippen LogP contribution in [0, 0.1) is 0 Å². The Balaban J connectivity index is 1.31. The molecule has 8 nitrogen and oxygen atoms in total. The van der Waals surface area contributed by atoms with E-state index in [0.717, 1.165) is 28.7 Å². The highest BCUT2D eigenvalue weighted by Crippen LogP contribution is 2.33. The van der Waals surface area contributed by atoms with Crippen LogP contribution in [0.1, 0.15) is 59.1 Å². The van der Waals surface area contributed by atoms with Crippen molar-refractivity contribution in [1.29, 1.82) is 0 Å². The van der Waals surface area contributed by atoms with Crippen molar-refractivity contribution in [2.24, 2.45) is 0 Å². The van der Waals surface area contributed by atoms with Crippen LogP contribution in [-0.4, -0.2) is 75.2 Å². The molecule has 0 radical (unpaired) electrons. The molecule has 0 saturated carbocycles. The minimum Gasteiger partial charge on any atom is -0.444 e. The lowest BCUT2D eigenvalue weighted by Crippen LogP contribution is -2.57. The number of fused-ring (bicyclic) bond motifs is 1. The van der Waals surface area contributed by atoms with Crippen LogP contribution in [0.5, 0.6) is 0 Å². The molecule has 10 heteroatoms. The number of hydrogen-bond donors (Lipinski definition) is 0. The smallest absolute Gasteiger partial charge is 0.410 e. The van der Waals surface area contributed by atoms with Gasteiger partial charge in [0.05, 0.1) is 23.4 Å². The maximum Gasteiger partial charge on any atom is 0.410 e. The largest absolute Gasteiger partial charge is 0.444 e. The number of carbonyl (C=O) groups excluding carboxylic acids is 2. The number of nitrogens with zero attached hydrogens (tertiary/aromatic N) is 5. The van der Waals surface area contributed by atoms with Crippen molar-refractivity contribution in [3.8, 4) is 0 Å². The Morgan fingerprint density at radius 3 is 2.55 bits per heavy atom. The average Bonchev–Trinajstić information content (AvgIpc) is 3.54. The summed E-state index contributed by atoms with van der Waals surface area (Å²) in [5.41, 5.74) is 3.39. The number of amides is 2. The summed E-state index contributed by atoms with van der Waals surface area (Å²) in [5, 5.41) is 1.23. The van der Waals surface area contributed by atoms with Gasteiger partial charge in [-0.15, -0.1) is 0 Å². The van der Waals surface area contributed by atoms with Crippen LogP contribution in [0.3, 0.4) is 0 Å². The van der Waals surface area contributed by atoms with E-state index in [4.69, 9.17) is 27.9 Å². The summed E-state index contributed by atoms with van der Waals surface area (Å²) in [6, 6.07) is 11.5. The Morgan fingerprint density at radius 2 is 1.85 bits per heavy atom. The van der Waals surface area contributed by atoms with Gasteiger partial charge in [-0.3, -0.25) is 9.69 Å². The summed E-state index contributed by atoms with van der Waals surface area (Å²) >= 11 is 12.6. The van der Waals surface area contributed by atoms with Crippen LogP contribution in [0.15, 0.2) is 42.7 Å². The van der Waals surface area contributed by atoms with Gasteiger partial charge in [-0.1, -0.05) is 29.3 Å². The lowest BCUT2D eigenvalue weighted by molar-refractivity contribution is -0.136. The topological polar surface area (TPSA) is 70.9 Å². The first kappa shape index (κ1) is 28.6. The first-order chi connectivity index (χ1) is 18.9. The third-order valence-corrected chi connectivity index (χ3v) is 8.39. The molecule has 3 atom stereocenters. The summed E-state index contributed by atoms with van der Waals surface area (Å²) in [6.45, 7) is 12.2. The lowest BCUT2D eigenvalue weighted by atomic mass is 10.1. The lowest BCUT2D eigenvalue weighted by Gasteiger charge is -2.42. The Bertz CT molecular complexity index is 1420. The fourth-order valence-electron chi connectivity index (χ4n) is 5.81. The molecule has 0 N–H and O–H groups in total. The number of anilines is 1. The Kier molecular flexibility index (Phi) is 7.94. The van der Waals surface area contributed by atoms with Gasteiger partial charge in [0.25, 0.3) is 0 Å². The van der Waals surface area contributed by atoms with Crippen LogP contribution in [-0.2, 0) is 9.53 Å². The van der Waals surface area contributed by atoms with Crippen LogP contribution < -0.4 is 4.90 Å². The maximum atomic E-state index is 13.5. The first-order valence-corrected chi connectivity index (χ1v) is 14.6. The summed E-state index contributed by atoms with van der Waals surface area (Å²) in [4.78, 5) is 36.8. The van der Waals surface area contributed by atoms with Crippen molar-refractivity contribution >= 4 is 51.9 Å². The molecule has 3 aromatic rings. The van der Waals surface area contributed by atoms with Crippen LogP contribution >= 0.6 is 23.2 Å². The fraction of sp³-hybridized carbons (Fsp3) is 0.500. The van der Waals surface area contributed by atoms with Crippen molar-refractivity contribution in [2.45, 2.75) is 71.2 Å². The fourth-order valence-corrected chi connectivity index (χ4v) is 6.37. The highest BCUT2D eigenvalue weighted by molar-refractivity contribution is 6.35. The molecule has 2 amide bonds. The SMILES string of the molecule is CC(c1ccc(Cl)cc1Cl)n1cnc2ccc(N3CCN(C(=O)[C@H]4CCCN4C(=O)OC(C)(C)C)C[C@H]3C)cc21. The predicted octanol–water partition coefficient (Wildman–Crippen LogP) is 6.39. The van der Waals surface area contributed by atoms with Gasteiger partial charge in [-0.2, -0.15) is 0 Å². The van der Waals surface area contributed by atoms with Crippen molar-refractivity contribution in [3.63, 3.8) is 0 Å². The Labute approximate surface area is 245 Å². The van der Waals surface area contributed by atoms with E-state index >= 15 is 0 Å². The quantitative estimate of drug-likeness (QED) is 0.355. The molecule has 0 bridgehead atoms. The van der Waals surface area contributed by atoms with Crippen LogP contribution in [0.4, 0.5) is 10.5 Å². The number of piperazine rings is 1. The summed E-state index contributed by atoms with van der Waals surface area (Å²) < 4.78 is 7.70. The van der Waals surface area contributed by atoms with E-state index in [1.165, 1.54) is 0 Å². The van der Waals surface area contributed by atoms with E-state index in [0.29, 0.717) is 42.6 Å². The highest BCUT2D eigenvalue weighted by Gasteiger charge is 2.40. The molecule has 2 saturated heterocycles. The summed E-state index contributed by atoms with van der Waals surface area (Å²) in [7, 11) is 0. The number of imidazole rings is 1.